The SMILES string of the molecule is CC(C)(C)CCSCCCO. The number of thioether (sulfide) groups is 1. The first-order valence-corrected chi connectivity index (χ1v) is 5.40. The summed E-state index contributed by atoms with van der Waals surface area (Å²) in [5, 5.41) is 8.51. The molecule has 0 amide bonds. The smallest absolute Gasteiger partial charge is 0.0438 e. The summed E-state index contributed by atoms with van der Waals surface area (Å²) in [5.41, 5.74) is 0.464. The van der Waals surface area contributed by atoms with Gasteiger partial charge in [0, 0.05) is 6.61 Å². The van der Waals surface area contributed by atoms with Crippen molar-refractivity contribution in [3.05, 3.63) is 0 Å². The first kappa shape index (κ1) is 11.3. The van der Waals surface area contributed by atoms with E-state index < -0.39 is 0 Å². The number of rotatable bonds is 5. The Morgan fingerprint density at radius 3 is 2.27 bits per heavy atom. The maximum absolute atomic E-state index is 8.51. The fraction of sp³-hybridized carbons (Fsp3) is 1.00. The van der Waals surface area contributed by atoms with E-state index in [0.717, 1.165) is 12.2 Å². The van der Waals surface area contributed by atoms with Gasteiger partial charge in [0.25, 0.3) is 0 Å². The average molecular weight is 176 g/mol. The van der Waals surface area contributed by atoms with Crippen molar-refractivity contribution in [2.75, 3.05) is 18.1 Å². The number of aliphatic hydroxyl groups is 1. The van der Waals surface area contributed by atoms with E-state index in [1.54, 1.807) is 0 Å². The van der Waals surface area contributed by atoms with Gasteiger partial charge in [-0.3, -0.25) is 0 Å². The lowest BCUT2D eigenvalue weighted by molar-refractivity contribution is 0.296. The molecule has 2 heteroatoms. The summed E-state index contributed by atoms with van der Waals surface area (Å²) in [6, 6.07) is 0. The quantitative estimate of drug-likeness (QED) is 0.650. The predicted octanol–water partition coefficient (Wildman–Crippen LogP) is 2.54. The minimum atomic E-state index is 0.336. The lowest BCUT2D eigenvalue weighted by Gasteiger charge is -2.16. The Bertz CT molecular complexity index is 86.1. The van der Waals surface area contributed by atoms with Crippen LogP contribution in [-0.2, 0) is 0 Å². The van der Waals surface area contributed by atoms with Crippen LogP contribution in [0.1, 0.15) is 33.6 Å². The molecule has 0 aliphatic carbocycles. The highest BCUT2D eigenvalue weighted by Crippen LogP contribution is 2.21. The van der Waals surface area contributed by atoms with E-state index in [9.17, 15) is 0 Å². The van der Waals surface area contributed by atoms with Gasteiger partial charge in [-0.15, -0.1) is 0 Å². The summed E-state index contributed by atoms with van der Waals surface area (Å²) < 4.78 is 0. The molecule has 0 aromatic heterocycles. The van der Waals surface area contributed by atoms with Gasteiger partial charge in [0.15, 0.2) is 0 Å². The van der Waals surface area contributed by atoms with Crippen molar-refractivity contribution in [1.82, 2.24) is 0 Å². The van der Waals surface area contributed by atoms with E-state index >= 15 is 0 Å². The van der Waals surface area contributed by atoms with Gasteiger partial charge >= 0.3 is 0 Å². The molecule has 0 rings (SSSR count). The number of hydrogen-bond acceptors (Lipinski definition) is 2. The van der Waals surface area contributed by atoms with Crippen LogP contribution in [-0.4, -0.2) is 23.2 Å². The van der Waals surface area contributed by atoms with Gasteiger partial charge in [0.2, 0.25) is 0 Å². The highest BCUT2D eigenvalue weighted by Gasteiger charge is 2.08. The van der Waals surface area contributed by atoms with Gasteiger partial charge in [0.1, 0.15) is 0 Å². The van der Waals surface area contributed by atoms with Gasteiger partial charge < -0.3 is 5.11 Å². The summed E-state index contributed by atoms with van der Waals surface area (Å²) in [6.07, 6.45) is 2.21. The second-order valence-electron chi connectivity index (χ2n) is 4.00. The molecule has 1 nitrogen and oxygen atoms in total. The van der Waals surface area contributed by atoms with Crippen LogP contribution in [0.25, 0.3) is 0 Å². The summed E-state index contributed by atoms with van der Waals surface area (Å²) in [6.45, 7) is 7.13. The van der Waals surface area contributed by atoms with Crippen LogP contribution in [0.3, 0.4) is 0 Å². The fourth-order valence-electron chi connectivity index (χ4n) is 0.647. The summed E-state index contributed by atoms with van der Waals surface area (Å²) in [4.78, 5) is 0. The van der Waals surface area contributed by atoms with Crippen LogP contribution in [0, 0.1) is 5.41 Å². The Labute approximate surface area is 74.6 Å². The molecule has 11 heavy (non-hydrogen) atoms. The highest BCUT2D eigenvalue weighted by atomic mass is 32.2. The van der Waals surface area contributed by atoms with Crippen molar-refractivity contribution >= 4 is 11.8 Å². The number of aliphatic hydroxyl groups excluding tert-OH is 1. The first-order valence-electron chi connectivity index (χ1n) is 4.25. The third-order valence-electron chi connectivity index (χ3n) is 1.44. The van der Waals surface area contributed by atoms with Gasteiger partial charge in [-0.05, 0) is 29.8 Å². The maximum Gasteiger partial charge on any atom is 0.0438 e. The Morgan fingerprint density at radius 1 is 1.18 bits per heavy atom. The third kappa shape index (κ3) is 10.3. The van der Waals surface area contributed by atoms with Crippen molar-refractivity contribution < 1.29 is 5.11 Å². The van der Waals surface area contributed by atoms with E-state index in [1.165, 1.54) is 12.2 Å². The standard InChI is InChI=1S/C9H20OS/c1-9(2,3)5-8-11-7-4-6-10/h10H,4-8H2,1-3H3. The second-order valence-corrected chi connectivity index (χ2v) is 5.22. The summed E-state index contributed by atoms with van der Waals surface area (Å²) in [5.74, 6) is 2.33. The molecule has 0 aliphatic heterocycles. The molecule has 0 fully saturated rings. The molecule has 0 atom stereocenters. The fourth-order valence-corrected chi connectivity index (χ4v) is 1.94. The minimum Gasteiger partial charge on any atom is -0.396 e. The van der Waals surface area contributed by atoms with Crippen molar-refractivity contribution in [3.8, 4) is 0 Å². The van der Waals surface area contributed by atoms with Gasteiger partial charge in [0.05, 0.1) is 0 Å². The van der Waals surface area contributed by atoms with Gasteiger partial charge in [-0.25, -0.2) is 0 Å². The van der Waals surface area contributed by atoms with E-state index in [2.05, 4.69) is 20.8 Å². The minimum absolute atomic E-state index is 0.336. The lowest BCUT2D eigenvalue weighted by atomic mass is 9.94. The van der Waals surface area contributed by atoms with Crippen LogP contribution in [0.15, 0.2) is 0 Å². The van der Waals surface area contributed by atoms with E-state index in [4.69, 9.17) is 5.11 Å². The maximum atomic E-state index is 8.51. The van der Waals surface area contributed by atoms with Crippen LogP contribution < -0.4 is 0 Å². The van der Waals surface area contributed by atoms with Gasteiger partial charge in [-0.1, -0.05) is 20.8 Å². The van der Waals surface area contributed by atoms with Crippen molar-refractivity contribution in [2.24, 2.45) is 5.41 Å². The summed E-state index contributed by atoms with van der Waals surface area (Å²) in [7, 11) is 0. The Kier molecular flexibility index (Phi) is 6.06. The molecule has 0 bridgehead atoms. The Morgan fingerprint density at radius 2 is 1.82 bits per heavy atom. The number of hydrogen-bond donors (Lipinski definition) is 1. The van der Waals surface area contributed by atoms with Crippen molar-refractivity contribution in [2.45, 2.75) is 33.6 Å². The van der Waals surface area contributed by atoms with Crippen molar-refractivity contribution in [3.63, 3.8) is 0 Å². The Hall–Kier alpha value is 0.310. The van der Waals surface area contributed by atoms with Crippen LogP contribution in [0.5, 0.6) is 0 Å². The van der Waals surface area contributed by atoms with Crippen LogP contribution >= 0.6 is 11.8 Å². The molecular formula is C9H20OS. The zero-order valence-electron chi connectivity index (χ0n) is 7.89. The first-order chi connectivity index (χ1) is 5.06. The van der Waals surface area contributed by atoms with E-state index in [0.29, 0.717) is 12.0 Å². The van der Waals surface area contributed by atoms with Crippen LogP contribution in [0.2, 0.25) is 0 Å². The molecule has 0 saturated heterocycles. The topological polar surface area (TPSA) is 20.2 Å². The highest BCUT2D eigenvalue weighted by molar-refractivity contribution is 7.99. The lowest BCUT2D eigenvalue weighted by Crippen LogP contribution is -2.06. The second kappa shape index (κ2) is 5.90. The third-order valence-corrected chi connectivity index (χ3v) is 2.51. The molecule has 0 unspecified atom stereocenters. The molecule has 0 aromatic rings. The molecule has 0 saturated carbocycles. The van der Waals surface area contributed by atoms with Crippen molar-refractivity contribution in [1.29, 1.82) is 0 Å². The molecule has 0 heterocycles. The monoisotopic (exact) mass is 176 g/mol. The zero-order valence-corrected chi connectivity index (χ0v) is 8.71. The molecule has 68 valence electrons. The molecule has 0 aliphatic rings. The van der Waals surface area contributed by atoms with E-state index in [-0.39, 0.29) is 0 Å². The summed E-state index contributed by atoms with van der Waals surface area (Å²) >= 11 is 1.94. The van der Waals surface area contributed by atoms with E-state index in [1.807, 2.05) is 11.8 Å². The molecule has 0 spiro atoms. The largest absolute Gasteiger partial charge is 0.396 e. The average Bonchev–Trinajstić information content (AvgIpc) is 1.85. The normalized spacial score (nSPS) is 12.0. The molecular weight excluding hydrogens is 156 g/mol. The Balaban J connectivity index is 3.02. The van der Waals surface area contributed by atoms with Gasteiger partial charge in [-0.2, -0.15) is 11.8 Å². The molecule has 0 radical (unpaired) electrons. The van der Waals surface area contributed by atoms with Crippen LogP contribution in [0.4, 0.5) is 0 Å². The molecule has 0 aromatic carbocycles. The predicted molar refractivity (Wildman–Crippen MR) is 53.1 cm³/mol. The molecule has 1 N–H and O–H groups in total. The zero-order chi connectivity index (χ0) is 8.74.